The van der Waals surface area contributed by atoms with Crippen molar-refractivity contribution in [2.75, 3.05) is 27.2 Å². The first-order chi connectivity index (χ1) is 12.6. The fourth-order valence-electron chi connectivity index (χ4n) is 4.93. The van der Waals surface area contributed by atoms with Crippen LogP contribution in [0.1, 0.15) is 22.3 Å². The molecular formula is C20H20NO5+. The predicted molar refractivity (Wildman–Crippen MR) is 91.2 cm³/mol. The number of likely N-dealkylation sites (N-methyl/N-ethyl adjacent to an activating group) is 1. The summed E-state index contributed by atoms with van der Waals surface area (Å²) in [7, 11) is 2.13. The summed E-state index contributed by atoms with van der Waals surface area (Å²) in [6.45, 7) is 2.08. The molecule has 0 spiro atoms. The lowest BCUT2D eigenvalue weighted by Crippen LogP contribution is -2.65. The van der Waals surface area contributed by atoms with Crippen molar-refractivity contribution >= 4 is 0 Å². The summed E-state index contributed by atoms with van der Waals surface area (Å²) in [6, 6.07) is 8.02. The zero-order valence-corrected chi connectivity index (χ0v) is 14.6. The highest BCUT2D eigenvalue weighted by Crippen LogP contribution is 2.52. The predicted octanol–water partition coefficient (Wildman–Crippen LogP) is 2.05. The van der Waals surface area contributed by atoms with Crippen molar-refractivity contribution in [2.45, 2.75) is 25.1 Å². The quantitative estimate of drug-likeness (QED) is 0.734. The Hall–Kier alpha value is -2.44. The third-order valence-corrected chi connectivity index (χ3v) is 6.48. The van der Waals surface area contributed by atoms with Gasteiger partial charge in [-0.3, -0.25) is 4.48 Å². The van der Waals surface area contributed by atoms with Gasteiger partial charge in [0.2, 0.25) is 19.3 Å². The summed E-state index contributed by atoms with van der Waals surface area (Å²) < 4.78 is 22.9. The summed E-state index contributed by atoms with van der Waals surface area (Å²) in [5.41, 5.74) is 3.40. The van der Waals surface area contributed by atoms with Crippen LogP contribution in [-0.2, 0) is 25.1 Å². The third kappa shape index (κ3) is 1.68. The first kappa shape index (κ1) is 14.7. The molecule has 2 atom stereocenters. The van der Waals surface area contributed by atoms with Crippen molar-refractivity contribution in [1.29, 1.82) is 0 Å². The van der Waals surface area contributed by atoms with E-state index in [0.717, 1.165) is 58.2 Å². The van der Waals surface area contributed by atoms with Gasteiger partial charge in [0.25, 0.3) is 0 Å². The maximum atomic E-state index is 11.9. The number of rotatable bonds is 0. The van der Waals surface area contributed by atoms with E-state index < -0.39 is 5.72 Å². The minimum Gasteiger partial charge on any atom is -0.454 e. The lowest BCUT2D eigenvalue weighted by atomic mass is 9.78. The molecule has 1 N–H and O–H groups in total. The van der Waals surface area contributed by atoms with Gasteiger partial charge in [-0.05, 0) is 29.3 Å². The molecule has 6 rings (SSSR count). The van der Waals surface area contributed by atoms with E-state index in [4.69, 9.17) is 18.9 Å². The number of aliphatic hydroxyl groups is 1. The second-order valence-corrected chi connectivity index (χ2v) is 7.82. The highest BCUT2D eigenvalue weighted by Gasteiger charge is 2.56. The number of hydrogen-bond acceptors (Lipinski definition) is 5. The largest absolute Gasteiger partial charge is 0.454 e. The van der Waals surface area contributed by atoms with Crippen molar-refractivity contribution < 1.29 is 28.5 Å². The van der Waals surface area contributed by atoms with Crippen LogP contribution in [0, 0.1) is 0 Å². The molecule has 0 radical (unpaired) electrons. The van der Waals surface area contributed by atoms with Gasteiger partial charge in [0, 0.05) is 12.0 Å². The highest BCUT2D eigenvalue weighted by molar-refractivity contribution is 5.55. The van der Waals surface area contributed by atoms with Gasteiger partial charge >= 0.3 is 0 Å². The van der Waals surface area contributed by atoms with Crippen LogP contribution in [0.5, 0.6) is 23.0 Å². The molecular weight excluding hydrogens is 334 g/mol. The summed E-state index contributed by atoms with van der Waals surface area (Å²) in [5, 5.41) is 11.9. The Kier molecular flexibility index (Phi) is 2.62. The molecule has 2 aromatic rings. The number of quaternary nitrogens is 1. The molecule has 0 saturated heterocycles. The van der Waals surface area contributed by atoms with Crippen LogP contribution in [0.25, 0.3) is 0 Å². The second kappa shape index (κ2) is 4.64. The van der Waals surface area contributed by atoms with E-state index in [1.54, 1.807) is 0 Å². The Morgan fingerprint density at radius 2 is 1.73 bits per heavy atom. The molecule has 6 heteroatoms. The van der Waals surface area contributed by atoms with Crippen molar-refractivity contribution in [2.24, 2.45) is 0 Å². The Morgan fingerprint density at radius 3 is 2.62 bits per heavy atom. The van der Waals surface area contributed by atoms with Crippen LogP contribution in [0.2, 0.25) is 0 Å². The maximum absolute atomic E-state index is 11.9. The zero-order valence-electron chi connectivity index (χ0n) is 14.6. The normalized spacial score (nSPS) is 29.8. The van der Waals surface area contributed by atoms with Gasteiger partial charge in [0.15, 0.2) is 23.0 Å². The van der Waals surface area contributed by atoms with E-state index in [0.29, 0.717) is 17.4 Å². The van der Waals surface area contributed by atoms with Crippen molar-refractivity contribution in [1.82, 2.24) is 0 Å². The molecule has 134 valence electrons. The van der Waals surface area contributed by atoms with Crippen LogP contribution >= 0.6 is 0 Å². The van der Waals surface area contributed by atoms with Crippen LogP contribution in [0.3, 0.4) is 0 Å². The van der Waals surface area contributed by atoms with E-state index in [1.165, 1.54) is 0 Å². The Bertz CT molecular complexity index is 958. The van der Waals surface area contributed by atoms with Crippen LogP contribution in [-0.4, -0.2) is 36.8 Å². The van der Waals surface area contributed by atoms with Crippen molar-refractivity contribution in [3.05, 3.63) is 46.5 Å². The molecule has 0 bridgehead atoms. The Labute approximate surface area is 151 Å². The lowest BCUT2D eigenvalue weighted by molar-refractivity contribution is -1.01. The van der Waals surface area contributed by atoms with E-state index >= 15 is 0 Å². The summed E-state index contributed by atoms with van der Waals surface area (Å²) in [6.07, 6.45) is 1.44. The van der Waals surface area contributed by atoms with Gasteiger partial charge in [-0.15, -0.1) is 0 Å². The first-order valence-electron chi connectivity index (χ1n) is 8.98. The monoisotopic (exact) mass is 354 g/mol. The summed E-state index contributed by atoms with van der Waals surface area (Å²) >= 11 is 0. The van der Waals surface area contributed by atoms with Crippen LogP contribution in [0.4, 0.5) is 0 Å². The standard InChI is InChI=1S/C20H20NO5/c1-21-5-4-12-6-17-18(25-10-24-17)7-15(12)20(21,22)8-13-2-3-16-19(14(13)9-21)26-11-23-16/h2-3,6-7,22H,4-5,8-11H2,1H3/q+1/t20-,21-/m0/s1. The van der Waals surface area contributed by atoms with Gasteiger partial charge in [-0.25, -0.2) is 0 Å². The van der Waals surface area contributed by atoms with Gasteiger partial charge in [0.1, 0.15) is 6.54 Å². The van der Waals surface area contributed by atoms with Crippen molar-refractivity contribution in [3.8, 4) is 23.0 Å². The number of nitrogens with zero attached hydrogens (tertiary/aromatic N) is 1. The average molecular weight is 354 g/mol. The second-order valence-electron chi connectivity index (χ2n) is 7.82. The van der Waals surface area contributed by atoms with Gasteiger partial charge in [0.05, 0.1) is 25.6 Å². The molecule has 6 nitrogen and oxygen atoms in total. The maximum Gasteiger partial charge on any atom is 0.232 e. The molecule has 26 heavy (non-hydrogen) atoms. The molecule has 0 saturated carbocycles. The van der Waals surface area contributed by atoms with E-state index in [1.807, 2.05) is 18.2 Å². The molecule has 0 aliphatic carbocycles. The minimum atomic E-state index is -0.991. The fourth-order valence-corrected chi connectivity index (χ4v) is 4.93. The van der Waals surface area contributed by atoms with Gasteiger partial charge < -0.3 is 24.1 Å². The smallest absolute Gasteiger partial charge is 0.232 e. The first-order valence-corrected chi connectivity index (χ1v) is 8.98. The van der Waals surface area contributed by atoms with Gasteiger partial charge in [-0.2, -0.15) is 0 Å². The van der Waals surface area contributed by atoms with Crippen LogP contribution in [0.15, 0.2) is 24.3 Å². The Morgan fingerprint density at radius 1 is 0.962 bits per heavy atom. The fraction of sp³-hybridized carbons (Fsp3) is 0.400. The molecule has 4 aliphatic heterocycles. The Balaban J connectivity index is 1.54. The summed E-state index contributed by atoms with van der Waals surface area (Å²) in [5.74, 6) is 3.16. The number of benzene rings is 2. The number of ether oxygens (including phenoxy) is 4. The SMILES string of the molecule is C[N@@+]12CCc3cc4c(cc3[C@@]1(O)Cc1ccc3c(c1C2)OCO3)OCO4. The highest BCUT2D eigenvalue weighted by atomic mass is 16.7. The molecule has 4 aliphatic rings. The molecule has 0 amide bonds. The van der Waals surface area contributed by atoms with E-state index in [2.05, 4.69) is 13.1 Å². The zero-order chi connectivity index (χ0) is 17.5. The molecule has 0 fully saturated rings. The molecule has 0 unspecified atom stereocenters. The molecule has 4 heterocycles. The minimum absolute atomic E-state index is 0.245. The van der Waals surface area contributed by atoms with Gasteiger partial charge in [-0.1, -0.05) is 6.07 Å². The van der Waals surface area contributed by atoms with E-state index in [-0.39, 0.29) is 13.6 Å². The van der Waals surface area contributed by atoms with E-state index in [9.17, 15) is 5.11 Å². The topological polar surface area (TPSA) is 57.2 Å². The third-order valence-electron chi connectivity index (χ3n) is 6.48. The number of hydrogen-bond donors (Lipinski definition) is 1. The average Bonchev–Trinajstić information content (AvgIpc) is 3.28. The number of fused-ring (bicyclic) bond motifs is 7. The van der Waals surface area contributed by atoms with Crippen molar-refractivity contribution in [3.63, 3.8) is 0 Å². The summed E-state index contributed by atoms with van der Waals surface area (Å²) in [4.78, 5) is 0. The molecule has 2 aromatic carbocycles. The lowest BCUT2D eigenvalue weighted by Gasteiger charge is -2.53. The van der Waals surface area contributed by atoms with Crippen LogP contribution < -0.4 is 18.9 Å². The molecule has 0 aromatic heterocycles.